The number of hydrogen-bond acceptors (Lipinski definition) is 4. The number of hydrazine groups is 1. The van der Waals surface area contributed by atoms with Crippen molar-refractivity contribution in [2.45, 2.75) is 20.8 Å². The number of amides is 2. The zero-order valence-electron chi connectivity index (χ0n) is 11.9. The van der Waals surface area contributed by atoms with E-state index in [1.54, 1.807) is 32.0 Å². The fraction of sp³-hybridized carbons (Fsp3) is 0.429. The Kier molecular flexibility index (Phi) is 6.36. The number of nitrogens with one attached hydrogen (secondary N) is 2. The highest BCUT2D eigenvalue weighted by molar-refractivity contribution is 5.83. The van der Waals surface area contributed by atoms with Crippen LogP contribution in [0.1, 0.15) is 20.8 Å². The van der Waals surface area contributed by atoms with Gasteiger partial charge in [0, 0.05) is 5.92 Å². The Morgan fingerprint density at radius 3 is 2.25 bits per heavy atom. The molecule has 0 unspecified atom stereocenters. The van der Waals surface area contributed by atoms with Crippen molar-refractivity contribution in [3.63, 3.8) is 0 Å². The monoisotopic (exact) mass is 280 g/mol. The summed E-state index contributed by atoms with van der Waals surface area (Å²) in [6.07, 6.45) is 0. The molecule has 0 aliphatic rings. The first-order chi connectivity index (χ1) is 9.54. The van der Waals surface area contributed by atoms with Gasteiger partial charge in [-0.2, -0.15) is 0 Å². The topological polar surface area (TPSA) is 76.7 Å². The molecule has 0 aliphatic heterocycles. The summed E-state index contributed by atoms with van der Waals surface area (Å²) in [4.78, 5) is 22.8. The second-order valence-corrected chi connectivity index (χ2v) is 4.36. The Morgan fingerprint density at radius 2 is 1.70 bits per heavy atom. The van der Waals surface area contributed by atoms with Crippen LogP contribution >= 0.6 is 0 Å². The van der Waals surface area contributed by atoms with E-state index in [2.05, 4.69) is 10.9 Å². The molecule has 0 atom stereocenters. The highest BCUT2D eigenvalue weighted by Gasteiger charge is 2.10. The Morgan fingerprint density at radius 1 is 1.10 bits per heavy atom. The normalized spacial score (nSPS) is 10.0. The molecule has 0 heterocycles. The maximum absolute atomic E-state index is 11.5. The quantitative estimate of drug-likeness (QED) is 0.769. The number of para-hydroxylation sites is 2. The molecule has 110 valence electrons. The van der Waals surface area contributed by atoms with Crippen LogP contribution in [0.2, 0.25) is 0 Å². The largest absolute Gasteiger partial charge is 0.490 e. The van der Waals surface area contributed by atoms with Crippen LogP contribution in [0, 0.1) is 5.92 Å². The Balaban J connectivity index is 2.43. The number of benzene rings is 1. The van der Waals surface area contributed by atoms with E-state index in [1.165, 1.54) is 0 Å². The van der Waals surface area contributed by atoms with E-state index in [1.807, 2.05) is 13.0 Å². The highest BCUT2D eigenvalue weighted by Crippen LogP contribution is 2.26. The van der Waals surface area contributed by atoms with Crippen molar-refractivity contribution >= 4 is 11.8 Å². The van der Waals surface area contributed by atoms with Gasteiger partial charge in [0.25, 0.3) is 5.91 Å². The van der Waals surface area contributed by atoms with Gasteiger partial charge in [-0.25, -0.2) is 0 Å². The van der Waals surface area contributed by atoms with Gasteiger partial charge >= 0.3 is 0 Å². The lowest BCUT2D eigenvalue weighted by atomic mass is 10.2. The summed E-state index contributed by atoms with van der Waals surface area (Å²) in [7, 11) is 0. The van der Waals surface area contributed by atoms with Gasteiger partial charge in [0.1, 0.15) is 0 Å². The second-order valence-electron chi connectivity index (χ2n) is 4.36. The zero-order valence-corrected chi connectivity index (χ0v) is 11.9. The van der Waals surface area contributed by atoms with Crippen LogP contribution in [0.25, 0.3) is 0 Å². The van der Waals surface area contributed by atoms with Crippen LogP contribution in [0.5, 0.6) is 11.5 Å². The van der Waals surface area contributed by atoms with Gasteiger partial charge in [-0.05, 0) is 19.1 Å². The van der Waals surface area contributed by atoms with Crippen LogP contribution < -0.4 is 20.3 Å². The molecular formula is C14H20N2O4. The molecule has 6 heteroatoms. The van der Waals surface area contributed by atoms with E-state index < -0.39 is 5.91 Å². The van der Waals surface area contributed by atoms with Crippen LogP contribution in [0.4, 0.5) is 0 Å². The average Bonchev–Trinajstić information content (AvgIpc) is 2.44. The lowest BCUT2D eigenvalue weighted by molar-refractivity contribution is -0.131. The van der Waals surface area contributed by atoms with Crippen LogP contribution in [0.15, 0.2) is 24.3 Å². The van der Waals surface area contributed by atoms with Gasteiger partial charge in [0.15, 0.2) is 18.1 Å². The molecule has 0 aromatic heterocycles. The molecule has 0 fully saturated rings. The SMILES string of the molecule is CCOc1ccccc1OCC(=O)NNC(=O)C(C)C. The van der Waals surface area contributed by atoms with E-state index in [0.717, 1.165) is 0 Å². The first kappa shape index (κ1) is 15.8. The molecule has 0 aliphatic carbocycles. The molecule has 20 heavy (non-hydrogen) atoms. The van der Waals surface area contributed by atoms with Gasteiger partial charge in [-0.3, -0.25) is 20.4 Å². The predicted octanol–water partition coefficient (Wildman–Crippen LogP) is 1.27. The average molecular weight is 280 g/mol. The lowest BCUT2D eigenvalue weighted by Gasteiger charge is -2.12. The van der Waals surface area contributed by atoms with Crippen LogP contribution in [-0.2, 0) is 9.59 Å². The van der Waals surface area contributed by atoms with Gasteiger partial charge in [-0.1, -0.05) is 26.0 Å². The molecule has 1 aromatic carbocycles. The van der Waals surface area contributed by atoms with Crippen molar-refractivity contribution in [2.24, 2.45) is 5.92 Å². The summed E-state index contributed by atoms with van der Waals surface area (Å²) in [5.41, 5.74) is 4.59. The number of rotatable bonds is 6. The summed E-state index contributed by atoms with van der Waals surface area (Å²) >= 11 is 0. The van der Waals surface area contributed by atoms with Gasteiger partial charge in [0.2, 0.25) is 5.91 Å². The fourth-order valence-corrected chi connectivity index (χ4v) is 1.30. The van der Waals surface area contributed by atoms with Gasteiger partial charge < -0.3 is 9.47 Å². The van der Waals surface area contributed by atoms with Crippen molar-refractivity contribution in [1.82, 2.24) is 10.9 Å². The Bertz CT molecular complexity index is 460. The summed E-state index contributed by atoms with van der Waals surface area (Å²) in [5.74, 6) is 0.168. The number of hydrogen-bond donors (Lipinski definition) is 2. The minimum Gasteiger partial charge on any atom is -0.490 e. The molecule has 2 N–H and O–H groups in total. The maximum atomic E-state index is 11.5. The summed E-state index contributed by atoms with van der Waals surface area (Å²) < 4.78 is 10.7. The second kappa shape index (κ2) is 8.04. The Hall–Kier alpha value is -2.24. The molecule has 1 rings (SSSR count). The third-order valence-corrected chi connectivity index (χ3v) is 2.36. The van der Waals surface area contributed by atoms with Gasteiger partial charge in [0.05, 0.1) is 6.61 Å². The zero-order chi connectivity index (χ0) is 15.0. The Labute approximate surface area is 118 Å². The minimum absolute atomic E-state index is 0.199. The van der Waals surface area contributed by atoms with Crippen molar-refractivity contribution in [3.05, 3.63) is 24.3 Å². The third-order valence-electron chi connectivity index (χ3n) is 2.36. The number of ether oxygens (including phenoxy) is 2. The maximum Gasteiger partial charge on any atom is 0.276 e. The molecule has 1 aromatic rings. The smallest absolute Gasteiger partial charge is 0.276 e. The van der Waals surface area contributed by atoms with Crippen molar-refractivity contribution in [3.8, 4) is 11.5 Å². The van der Waals surface area contributed by atoms with Crippen LogP contribution in [-0.4, -0.2) is 25.0 Å². The van der Waals surface area contributed by atoms with Crippen molar-refractivity contribution in [2.75, 3.05) is 13.2 Å². The number of carbonyl (C=O) groups excluding carboxylic acids is 2. The molecule has 0 saturated carbocycles. The minimum atomic E-state index is -0.440. The first-order valence-corrected chi connectivity index (χ1v) is 6.48. The van der Waals surface area contributed by atoms with E-state index in [0.29, 0.717) is 18.1 Å². The third kappa shape index (κ3) is 5.17. The molecule has 6 nitrogen and oxygen atoms in total. The van der Waals surface area contributed by atoms with E-state index in [9.17, 15) is 9.59 Å². The molecule has 0 radical (unpaired) electrons. The lowest BCUT2D eigenvalue weighted by Crippen LogP contribution is -2.45. The van der Waals surface area contributed by atoms with Crippen LogP contribution in [0.3, 0.4) is 0 Å². The van der Waals surface area contributed by atoms with Crippen molar-refractivity contribution < 1.29 is 19.1 Å². The fourth-order valence-electron chi connectivity index (χ4n) is 1.30. The molecule has 0 spiro atoms. The summed E-state index contributed by atoms with van der Waals surface area (Å²) in [6, 6.07) is 7.08. The van der Waals surface area contributed by atoms with Gasteiger partial charge in [-0.15, -0.1) is 0 Å². The number of carbonyl (C=O) groups is 2. The van der Waals surface area contributed by atoms with E-state index >= 15 is 0 Å². The standard InChI is InChI=1S/C14H20N2O4/c1-4-19-11-7-5-6-8-12(11)20-9-13(17)15-16-14(18)10(2)3/h5-8,10H,4,9H2,1-3H3,(H,15,17)(H,16,18). The molecule has 0 saturated heterocycles. The summed E-state index contributed by atoms with van der Waals surface area (Å²) in [5, 5.41) is 0. The highest BCUT2D eigenvalue weighted by atomic mass is 16.5. The molecular weight excluding hydrogens is 260 g/mol. The molecule has 2 amide bonds. The van der Waals surface area contributed by atoms with E-state index in [4.69, 9.17) is 9.47 Å². The predicted molar refractivity (Wildman–Crippen MR) is 74.2 cm³/mol. The first-order valence-electron chi connectivity index (χ1n) is 6.48. The summed E-state index contributed by atoms with van der Waals surface area (Å²) in [6.45, 7) is 5.64. The van der Waals surface area contributed by atoms with Crippen molar-refractivity contribution in [1.29, 1.82) is 0 Å². The molecule has 0 bridgehead atoms. The van der Waals surface area contributed by atoms with E-state index in [-0.39, 0.29) is 18.4 Å².